The Labute approximate surface area is 208 Å². The number of hydroxylamine groups is 1. The summed E-state index contributed by atoms with van der Waals surface area (Å²) in [6.07, 6.45) is 0.833. The van der Waals surface area contributed by atoms with Crippen LogP contribution in [0.3, 0.4) is 0 Å². The average Bonchev–Trinajstić information content (AvgIpc) is 2.76. The van der Waals surface area contributed by atoms with Crippen molar-refractivity contribution in [3.63, 3.8) is 0 Å². The smallest absolute Gasteiger partial charge is 0.410 e. The molecule has 2 amide bonds. The summed E-state index contributed by atoms with van der Waals surface area (Å²) in [6, 6.07) is 9.07. The Morgan fingerprint density at radius 1 is 1.23 bits per heavy atom. The van der Waals surface area contributed by atoms with Crippen LogP contribution in [0.1, 0.15) is 32.8 Å². The Bertz CT molecular complexity index is 880. The number of hydrogen-bond acceptors (Lipinski definition) is 8. The first-order valence-electron chi connectivity index (χ1n) is 11.8. The fourth-order valence-corrected chi connectivity index (χ4v) is 4.12. The van der Waals surface area contributed by atoms with E-state index in [1.54, 1.807) is 20.8 Å². The number of amides is 2. The van der Waals surface area contributed by atoms with Gasteiger partial charge in [-0.3, -0.25) is 4.84 Å². The van der Waals surface area contributed by atoms with Crippen molar-refractivity contribution < 1.29 is 28.7 Å². The van der Waals surface area contributed by atoms with Crippen LogP contribution in [0.5, 0.6) is 0 Å². The molecule has 0 spiro atoms. The standard InChI is InChI=1S/C24H38N4O6Si/c1-24(2,3)34-23(31)27-13-12-20(26-22(30)32-17-19-10-8-7-9-11-19)21(16-27)28(25-18-29)33-14-15-35(4,5)6/h7-11,20-21H,12-17H2,1-6H3,(H,26,30). The van der Waals surface area contributed by atoms with Crippen LogP contribution in [0.25, 0.3) is 0 Å². The van der Waals surface area contributed by atoms with Crippen molar-refractivity contribution in [3.8, 4) is 0 Å². The first-order chi connectivity index (χ1) is 16.4. The zero-order chi connectivity index (χ0) is 26.1. The van der Waals surface area contributed by atoms with Crippen molar-refractivity contribution in [2.45, 2.75) is 77.2 Å². The molecule has 0 radical (unpaired) electrons. The largest absolute Gasteiger partial charge is 0.445 e. The Morgan fingerprint density at radius 3 is 2.51 bits per heavy atom. The molecule has 2 rings (SSSR count). The van der Waals surface area contributed by atoms with E-state index in [1.807, 2.05) is 30.3 Å². The number of nitrogens with one attached hydrogen (secondary N) is 1. The highest BCUT2D eigenvalue weighted by Gasteiger charge is 2.39. The fraction of sp³-hybridized carbons (Fsp3) is 0.625. The minimum atomic E-state index is -1.41. The molecule has 0 aliphatic carbocycles. The van der Waals surface area contributed by atoms with Gasteiger partial charge in [-0.25, -0.2) is 14.4 Å². The van der Waals surface area contributed by atoms with Gasteiger partial charge in [0.2, 0.25) is 0 Å². The fourth-order valence-electron chi connectivity index (χ4n) is 3.42. The highest BCUT2D eigenvalue weighted by molar-refractivity contribution is 6.76. The molecule has 0 saturated carbocycles. The van der Waals surface area contributed by atoms with Crippen LogP contribution < -0.4 is 5.32 Å². The zero-order valence-corrected chi connectivity index (χ0v) is 22.6. The van der Waals surface area contributed by atoms with Gasteiger partial charge >= 0.3 is 12.2 Å². The predicted molar refractivity (Wildman–Crippen MR) is 134 cm³/mol. The number of ether oxygens (including phenoxy) is 2. The van der Waals surface area contributed by atoms with Crippen molar-refractivity contribution in [1.29, 1.82) is 0 Å². The van der Waals surface area contributed by atoms with E-state index in [9.17, 15) is 14.4 Å². The number of nitrogens with zero attached hydrogens (tertiary/aromatic N) is 3. The third-order valence-electron chi connectivity index (χ3n) is 5.25. The second-order valence-corrected chi connectivity index (χ2v) is 16.4. The van der Waals surface area contributed by atoms with Gasteiger partial charge in [0.25, 0.3) is 6.08 Å². The second kappa shape index (κ2) is 12.7. The summed E-state index contributed by atoms with van der Waals surface area (Å²) in [4.78, 5) is 43.8. The van der Waals surface area contributed by atoms with Crippen molar-refractivity contribution in [1.82, 2.24) is 15.4 Å². The predicted octanol–water partition coefficient (Wildman–Crippen LogP) is 4.11. The molecule has 1 fully saturated rings. The molecule has 11 heteroatoms. The minimum absolute atomic E-state index is 0.122. The van der Waals surface area contributed by atoms with E-state index in [4.69, 9.17) is 14.3 Å². The van der Waals surface area contributed by atoms with E-state index in [-0.39, 0.29) is 13.2 Å². The van der Waals surface area contributed by atoms with Crippen LogP contribution in [0, 0.1) is 0 Å². The molecule has 2 atom stereocenters. The van der Waals surface area contributed by atoms with Gasteiger partial charge in [0.15, 0.2) is 0 Å². The monoisotopic (exact) mass is 506 g/mol. The molecule has 1 aromatic rings. The van der Waals surface area contributed by atoms with Gasteiger partial charge in [-0.15, -0.1) is 0 Å². The van der Waals surface area contributed by atoms with Crippen LogP contribution in [0.4, 0.5) is 9.59 Å². The number of hydrazone groups is 1. The second-order valence-electron chi connectivity index (χ2n) is 10.7. The third-order valence-corrected chi connectivity index (χ3v) is 6.95. The Balaban J connectivity index is 2.13. The van der Waals surface area contributed by atoms with E-state index < -0.39 is 37.9 Å². The summed E-state index contributed by atoms with van der Waals surface area (Å²) >= 11 is 0. The zero-order valence-electron chi connectivity index (χ0n) is 21.6. The van der Waals surface area contributed by atoms with E-state index in [0.717, 1.165) is 16.8 Å². The molecule has 2 unspecified atom stereocenters. The summed E-state index contributed by atoms with van der Waals surface area (Å²) < 4.78 is 10.9. The van der Waals surface area contributed by atoms with Crippen LogP contribution in [0.15, 0.2) is 35.4 Å². The first-order valence-corrected chi connectivity index (χ1v) is 15.5. The molecular weight excluding hydrogens is 468 g/mol. The molecule has 10 nitrogen and oxygen atoms in total. The van der Waals surface area contributed by atoms with Gasteiger partial charge in [-0.1, -0.05) is 55.1 Å². The Kier molecular flexibility index (Phi) is 10.3. The number of piperidine rings is 1. The molecule has 1 aliphatic heterocycles. The lowest BCUT2D eigenvalue weighted by molar-refractivity contribution is -0.196. The number of isocyanates is 1. The van der Waals surface area contributed by atoms with Crippen molar-refractivity contribution in [3.05, 3.63) is 35.9 Å². The lowest BCUT2D eigenvalue weighted by atomic mass is 10.00. The number of carbonyl (C=O) groups is 2. The van der Waals surface area contributed by atoms with E-state index >= 15 is 0 Å². The van der Waals surface area contributed by atoms with Crippen molar-refractivity contribution in [2.24, 2.45) is 5.10 Å². The Morgan fingerprint density at radius 2 is 1.91 bits per heavy atom. The summed E-state index contributed by atoms with van der Waals surface area (Å²) in [5, 5.41) is 7.75. The van der Waals surface area contributed by atoms with Crippen LogP contribution >= 0.6 is 0 Å². The van der Waals surface area contributed by atoms with Crippen LogP contribution in [-0.4, -0.2) is 73.8 Å². The molecule has 0 aromatic heterocycles. The van der Waals surface area contributed by atoms with E-state index in [2.05, 4.69) is 30.1 Å². The number of likely N-dealkylation sites (tertiary alicyclic amines) is 1. The number of hydrogen-bond donors (Lipinski definition) is 1. The summed E-state index contributed by atoms with van der Waals surface area (Å²) in [5.74, 6) is 0. The topological polar surface area (TPSA) is 110 Å². The van der Waals surface area contributed by atoms with Gasteiger partial charge in [0.05, 0.1) is 19.2 Å². The third kappa shape index (κ3) is 10.5. The highest BCUT2D eigenvalue weighted by Crippen LogP contribution is 2.21. The number of alkyl carbamates (subject to hydrolysis) is 1. The Hall–Kier alpha value is -2.88. The number of rotatable bonds is 9. The molecule has 1 aliphatic rings. The molecule has 1 heterocycles. The minimum Gasteiger partial charge on any atom is -0.445 e. The van der Waals surface area contributed by atoms with Crippen molar-refractivity contribution >= 4 is 26.3 Å². The normalized spacial score (nSPS) is 18.3. The van der Waals surface area contributed by atoms with E-state index in [0.29, 0.717) is 19.6 Å². The van der Waals surface area contributed by atoms with E-state index in [1.165, 1.54) is 11.0 Å². The molecule has 0 bridgehead atoms. The van der Waals surface area contributed by atoms with Gasteiger partial charge in [-0.05, 0) is 38.8 Å². The maximum absolute atomic E-state index is 12.7. The van der Waals surface area contributed by atoms with Gasteiger partial charge in [0, 0.05) is 14.6 Å². The SMILES string of the molecule is CC(C)(C)OC(=O)N1CCC(NC(=O)OCc2ccccc2)C(N(N=C=O)OCC[Si](C)(C)C)C1. The van der Waals surface area contributed by atoms with Gasteiger partial charge in [0.1, 0.15) is 18.2 Å². The van der Waals surface area contributed by atoms with Crippen molar-refractivity contribution in [2.75, 3.05) is 19.7 Å². The van der Waals surface area contributed by atoms with Crippen LogP contribution in [0.2, 0.25) is 25.7 Å². The van der Waals surface area contributed by atoms with Crippen LogP contribution in [-0.2, 0) is 25.7 Å². The number of benzene rings is 1. The van der Waals surface area contributed by atoms with Gasteiger partial charge < -0.3 is 19.7 Å². The summed E-state index contributed by atoms with van der Waals surface area (Å²) in [5.41, 5.74) is 0.206. The molecule has 1 N–H and O–H groups in total. The first kappa shape index (κ1) is 28.4. The maximum Gasteiger partial charge on any atom is 0.410 e. The van der Waals surface area contributed by atoms with Gasteiger partial charge in [-0.2, -0.15) is 5.17 Å². The maximum atomic E-state index is 12.7. The lowest BCUT2D eigenvalue weighted by Gasteiger charge is -2.41. The highest BCUT2D eigenvalue weighted by atomic mass is 28.3. The molecular formula is C24H38N4O6Si. The average molecular weight is 507 g/mol. The quantitative estimate of drug-likeness (QED) is 0.232. The lowest BCUT2D eigenvalue weighted by Crippen LogP contribution is -2.60. The molecule has 1 aromatic carbocycles. The molecule has 194 valence electrons. The summed E-state index contributed by atoms with van der Waals surface area (Å²) in [6.45, 7) is 13.0. The molecule has 35 heavy (non-hydrogen) atoms. The molecule has 1 saturated heterocycles. The summed E-state index contributed by atoms with van der Waals surface area (Å²) in [7, 11) is -1.41. The number of carbonyl (C=O) groups excluding carboxylic acids is 3.